The summed E-state index contributed by atoms with van der Waals surface area (Å²) in [6.45, 7) is 5.32. The van der Waals surface area contributed by atoms with Crippen molar-refractivity contribution in [3.8, 4) is 17.2 Å². The van der Waals surface area contributed by atoms with Crippen LogP contribution in [0.5, 0.6) is 11.5 Å². The van der Waals surface area contributed by atoms with E-state index in [1.165, 1.54) is 12.8 Å². The fourth-order valence-corrected chi connectivity index (χ4v) is 6.77. The molecule has 7 rings (SSSR count). The lowest BCUT2D eigenvalue weighted by molar-refractivity contribution is 0.0950. The zero-order chi connectivity index (χ0) is 27.9. The van der Waals surface area contributed by atoms with E-state index >= 15 is 0 Å². The number of likely N-dealkylation sites (tertiary alicyclic amines) is 1. The number of carbonyl (C=O) groups is 1. The predicted molar refractivity (Wildman–Crippen MR) is 164 cm³/mol. The van der Waals surface area contributed by atoms with E-state index in [-0.39, 0.29) is 22.9 Å². The first-order chi connectivity index (χ1) is 20.1. The molecule has 2 N–H and O–H groups in total. The van der Waals surface area contributed by atoms with Crippen molar-refractivity contribution in [3.63, 3.8) is 0 Å². The molecule has 3 aromatic carbocycles. The first-order valence-corrected chi connectivity index (χ1v) is 15.0. The van der Waals surface area contributed by atoms with E-state index in [4.69, 9.17) is 16.5 Å². The minimum Gasteiger partial charge on any atom is -0.451 e. The van der Waals surface area contributed by atoms with E-state index in [2.05, 4.69) is 33.7 Å². The summed E-state index contributed by atoms with van der Waals surface area (Å²) in [7, 11) is 0. The Bertz CT molecular complexity index is 1700. The molecule has 3 aliphatic rings. The number of carbonyl (C=O) groups excluding carboxylic acids is 1. The number of benzene rings is 3. The van der Waals surface area contributed by atoms with Gasteiger partial charge in [0.25, 0.3) is 5.91 Å². The summed E-state index contributed by atoms with van der Waals surface area (Å²) in [5.41, 5.74) is 2.13. The van der Waals surface area contributed by atoms with Crippen LogP contribution < -0.4 is 20.8 Å². The van der Waals surface area contributed by atoms with Crippen LogP contribution >= 0.6 is 11.8 Å². The van der Waals surface area contributed by atoms with Gasteiger partial charge in [0.05, 0.1) is 16.8 Å². The normalized spacial score (nSPS) is 18.5. The van der Waals surface area contributed by atoms with Gasteiger partial charge in [-0.2, -0.15) is 0 Å². The number of amides is 1. The molecule has 4 aromatic rings. The number of nitrogens with one attached hydrogen (secondary N) is 2. The lowest BCUT2D eigenvalue weighted by Gasteiger charge is -2.26. The highest BCUT2D eigenvalue weighted by atomic mass is 35.5. The Hall–Kier alpha value is -3.59. The van der Waals surface area contributed by atoms with E-state index in [1.807, 2.05) is 39.3 Å². The van der Waals surface area contributed by atoms with Gasteiger partial charge in [0, 0.05) is 38.4 Å². The largest absolute Gasteiger partial charge is 0.451 e. The SMILES string of the molecule is O=C(NCCC1CCCN1Cl)c1cn2c3c(c(NCCN4CCCC4)ccc3c1=O)Oc1cc3ccccc3cc1-2. The summed E-state index contributed by atoms with van der Waals surface area (Å²) in [5.74, 6) is 0.923. The van der Waals surface area contributed by atoms with Crippen LogP contribution in [0.1, 0.15) is 42.5 Å². The molecule has 0 spiro atoms. The van der Waals surface area contributed by atoms with Crippen molar-refractivity contribution in [1.29, 1.82) is 0 Å². The summed E-state index contributed by atoms with van der Waals surface area (Å²) in [6, 6.07) is 16.2. The first kappa shape index (κ1) is 26.3. The third-order valence-electron chi connectivity index (χ3n) is 8.67. The van der Waals surface area contributed by atoms with Gasteiger partial charge in [-0.3, -0.25) is 9.59 Å². The standard InChI is InChI=1S/C32H34ClN5O3/c33-38-16-5-8-23(38)11-12-35-32(40)25-20-37-27-18-21-6-1-2-7-22(21)19-28(27)41-31-26(10-9-24(29(31)37)30(25)39)34-13-17-36-14-3-4-15-36/h1-2,6-7,9-10,18-20,23,34H,3-5,8,11-17H2,(H,35,40). The summed E-state index contributed by atoms with van der Waals surface area (Å²) >= 11 is 6.28. The molecule has 0 saturated carbocycles. The molecular formula is C32H34ClN5O3. The average Bonchev–Trinajstić information content (AvgIpc) is 3.65. The first-order valence-electron chi connectivity index (χ1n) is 14.7. The zero-order valence-corrected chi connectivity index (χ0v) is 23.8. The molecule has 4 heterocycles. The average molecular weight is 572 g/mol. The van der Waals surface area contributed by atoms with E-state index in [0.29, 0.717) is 28.9 Å². The number of ether oxygens (including phenoxy) is 1. The topological polar surface area (TPSA) is 78.8 Å². The zero-order valence-electron chi connectivity index (χ0n) is 23.0. The Balaban J connectivity index is 1.27. The molecule has 9 heteroatoms. The van der Waals surface area contributed by atoms with Crippen LogP contribution in [0.25, 0.3) is 27.4 Å². The van der Waals surface area contributed by atoms with Crippen molar-refractivity contribution >= 4 is 45.0 Å². The van der Waals surface area contributed by atoms with E-state index < -0.39 is 0 Å². The number of halogens is 1. The molecule has 3 aliphatic heterocycles. The van der Waals surface area contributed by atoms with Crippen LogP contribution in [0.4, 0.5) is 5.69 Å². The molecule has 2 fully saturated rings. The Kier molecular flexibility index (Phi) is 7.06. The van der Waals surface area contributed by atoms with Gasteiger partial charge in [-0.05, 0) is 92.0 Å². The van der Waals surface area contributed by atoms with Crippen molar-refractivity contribution in [2.75, 3.05) is 44.6 Å². The second-order valence-electron chi connectivity index (χ2n) is 11.3. The summed E-state index contributed by atoms with van der Waals surface area (Å²) < 4.78 is 10.3. The lowest BCUT2D eigenvalue weighted by atomic mass is 10.0. The van der Waals surface area contributed by atoms with Crippen molar-refractivity contribution < 1.29 is 9.53 Å². The molecular weight excluding hydrogens is 538 g/mol. The molecule has 1 unspecified atom stereocenters. The minimum absolute atomic E-state index is 0.119. The van der Waals surface area contributed by atoms with Crippen LogP contribution in [0.2, 0.25) is 0 Å². The second kappa shape index (κ2) is 11.0. The predicted octanol–water partition coefficient (Wildman–Crippen LogP) is 5.50. The Morgan fingerprint density at radius 3 is 2.59 bits per heavy atom. The van der Waals surface area contributed by atoms with E-state index in [9.17, 15) is 9.59 Å². The number of rotatable bonds is 8. The Morgan fingerprint density at radius 2 is 1.80 bits per heavy atom. The molecule has 8 nitrogen and oxygen atoms in total. The van der Waals surface area contributed by atoms with Crippen LogP contribution in [-0.2, 0) is 0 Å². The smallest absolute Gasteiger partial charge is 0.256 e. The maximum absolute atomic E-state index is 13.7. The molecule has 0 aliphatic carbocycles. The van der Waals surface area contributed by atoms with Gasteiger partial charge in [0.2, 0.25) is 5.43 Å². The monoisotopic (exact) mass is 571 g/mol. The third-order valence-corrected chi connectivity index (χ3v) is 9.12. The van der Waals surface area contributed by atoms with Crippen LogP contribution in [0.3, 0.4) is 0 Å². The van der Waals surface area contributed by atoms with Crippen molar-refractivity contribution in [3.05, 3.63) is 70.5 Å². The lowest BCUT2D eigenvalue weighted by Crippen LogP contribution is -2.33. The summed E-state index contributed by atoms with van der Waals surface area (Å²) in [4.78, 5) is 29.6. The molecule has 1 aromatic heterocycles. The Morgan fingerprint density at radius 1 is 1.00 bits per heavy atom. The molecule has 212 valence electrons. The Labute approximate surface area is 243 Å². The number of fused-ring (bicyclic) bond motifs is 3. The van der Waals surface area contributed by atoms with Gasteiger partial charge in [-0.25, -0.2) is 4.42 Å². The summed E-state index contributed by atoms with van der Waals surface area (Å²) in [6.07, 6.45) is 7.01. The molecule has 41 heavy (non-hydrogen) atoms. The summed E-state index contributed by atoms with van der Waals surface area (Å²) in [5, 5.41) is 9.09. The molecule has 1 amide bonds. The van der Waals surface area contributed by atoms with E-state index in [1.54, 1.807) is 6.20 Å². The fourth-order valence-electron chi connectivity index (χ4n) is 6.46. The highest BCUT2D eigenvalue weighted by Gasteiger charge is 2.27. The van der Waals surface area contributed by atoms with Gasteiger partial charge in [-0.15, -0.1) is 0 Å². The van der Waals surface area contributed by atoms with Crippen molar-refractivity contribution in [1.82, 2.24) is 19.2 Å². The van der Waals surface area contributed by atoms with Gasteiger partial charge in [0.15, 0.2) is 11.5 Å². The molecule has 0 bridgehead atoms. The van der Waals surface area contributed by atoms with Crippen molar-refractivity contribution in [2.24, 2.45) is 0 Å². The minimum atomic E-state index is -0.372. The van der Waals surface area contributed by atoms with Gasteiger partial charge in [-0.1, -0.05) is 24.3 Å². The number of pyridine rings is 1. The maximum atomic E-state index is 13.7. The van der Waals surface area contributed by atoms with Crippen LogP contribution in [0.15, 0.2) is 59.5 Å². The second-order valence-corrected chi connectivity index (χ2v) is 11.7. The quantitative estimate of drug-likeness (QED) is 0.240. The van der Waals surface area contributed by atoms with Crippen molar-refractivity contribution in [2.45, 2.75) is 38.1 Å². The van der Waals surface area contributed by atoms with Crippen LogP contribution in [-0.4, -0.2) is 65.1 Å². The molecule has 2 saturated heterocycles. The number of hydrogen-bond acceptors (Lipinski definition) is 6. The number of nitrogens with zero attached hydrogens (tertiary/aromatic N) is 3. The van der Waals surface area contributed by atoms with Gasteiger partial charge in [0.1, 0.15) is 11.1 Å². The van der Waals surface area contributed by atoms with Gasteiger partial charge < -0.3 is 24.8 Å². The molecule has 1 atom stereocenters. The maximum Gasteiger partial charge on any atom is 0.256 e. The fraction of sp³-hybridized carbons (Fsp3) is 0.375. The van der Waals surface area contributed by atoms with Crippen LogP contribution in [0, 0.1) is 0 Å². The number of aromatic nitrogens is 1. The van der Waals surface area contributed by atoms with Gasteiger partial charge >= 0.3 is 0 Å². The third kappa shape index (κ3) is 4.94. The highest BCUT2D eigenvalue weighted by Crippen LogP contribution is 2.45. The van der Waals surface area contributed by atoms with E-state index in [0.717, 1.165) is 74.1 Å². The molecule has 0 radical (unpaired) electrons. The number of anilines is 1. The highest BCUT2D eigenvalue weighted by molar-refractivity contribution is 6.13. The number of hydrogen-bond donors (Lipinski definition) is 2.